The molecule has 6 nitrogen and oxygen atoms in total. The van der Waals surface area contributed by atoms with Gasteiger partial charge in [0.05, 0.1) is 25.4 Å². The molecule has 33 heavy (non-hydrogen) atoms. The summed E-state index contributed by atoms with van der Waals surface area (Å²) < 4.78 is 11.0. The minimum absolute atomic E-state index is 0.177. The van der Waals surface area contributed by atoms with Crippen LogP contribution in [0.5, 0.6) is 0 Å². The fourth-order valence-corrected chi connectivity index (χ4v) is 4.07. The van der Waals surface area contributed by atoms with E-state index in [0.717, 1.165) is 34.7 Å². The lowest BCUT2D eigenvalue weighted by atomic mass is 9.90. The van der Waals surface area contributed by atoms with Crippen LogP contribution in [0, 0.1) is 0 Å². The fraction of sp³-hybridized carbons (Fsp3) is 0.385. The Labute approximate surface area is 200 Å². The number of hydrogen-bond acceptors (Lipinski definition) is 7. The molecule has 0 bridgehead atoms. The number of oxime groups is 1. The molecule has 1 saturated heterocycles. The van der Waals surface area contributed by atoms with Crippen LogP contribution in [-0.2, 0) is 25.7 Å². The summed E-state index contributed by atoms with van der Waals surface area (Å²) in [6.45, 7) is 11.0. The molecule has 176 valence electrons. The van der Waals surface area contributed by atoms with Crippen molar-refractivity contribution in [2.45, 2.75) is 30.9 Å². The lowest BCUT2D eigenvalue weighted by Gasteiger charge is -2.41. The van der Waals surface area contributed by atoms with Gasteiger partial charge in [0, 0.05) is 23.5 Å². The van der Waals surface area contributed by atoms with Crippen LogP contribution in [0.4, 0.5) is 0 Å². The first-order valence-electron chi connectivity index (χ1n) is 11.0. The molecule has 1 aliphatic heterocycles. The maximum atomic E-state index is 12.4. The van der Waals surface area contributed by atoms with E-state index in [1.165, 1.54) is 0 Å². The van der Waals surface area contributed by atoms with E-state index < -0.39 is 11.5 Å². The lowest BCUT2D eigenvalue weighted by molar-refractivity contribution is -0.149. The Morgan fingerprint density at radius 2 is 1.82 bits per heavy atom. The molecule has 0 aliphatic carbocycles. The molecule has 1 heterocycles. The van der Waals surface area contributed by atoms with Crippen LogP contribution >= 0.6 is 11.8 Å². The smallest absolute Gasteiger partial charge is 0.360 e. The van der Waals surface area contributed by atoms with Crippen molar-refractivity contribution in [3.8, 4) is 0 Å². The highest BCUT2D eigenvalue weighted by Crippen LogP contribution is 2.25. The first kappa shape index (κ1) is 25.2. The van der Waals surface area contributed by atoms with Gasteiger partial charge in [-0.3, -0.25) is 4.90 Å². The molecule has 1 aliphatic rings. The molecule has 3 rings (SSSR count). The first-order chi connectivity index (χ1) is 15.9. The van der Waals surface area contributed by atoms with Gasteiger partial charge in [-0.25, -0.2) is 4.79 Å². The highest BCUT2D eigenvalue weighted by atomic mass is 32.2. The molecule has 7 heteroatoms. The van der Waals surface area contributed by atoms with Crippen LogP contribution in [0.1, 0.15) is 30.5 Å². The van der Waals surface area contributed by atoms with Gasteiger partial charge in [0.2, 0.25) is 0 Å². The number of nitrogens with zero attached hydrogens (tertiary/aromatic N) is 2. The molecule has 0 unspecified atom stereocenters. The number of benzene rings is 2. The highest BCUT2D eigenvalue weighted by molar-refractivity contribution is 7.98. The average molecular weight is 469 g/mol. The van der Waals surface area contributed by atoms with Gasteiger partial charge in [-0.1, -0.05) is 54.2 Å². The maximum Gasteiger partial charge on any atom is 0.360 e. The van der Waals surface area contributed by atoms with Gasteiger partial charge in [-0.05, 0) is 43.4 Å². The topological polar surface area (TPSA) is 60.4 Å². The SMILES string of the molecule is C=Cc1ccc(COCC(=O)O/N=C(/c2ccc(SC)cc2)C(C)(C)N2CCOCC2)cc1. The van der Waals surface area contributed by atoms with Gasteiger partial charge in [-0.15, -0.1) is 11.8 Å². The van der Waals surface area contributed by atoms with Crippen molar-refractivity contribution in [1.29, 1.82) is 0 Å². The maximum absolute atomic E-state index is 12.4. The number of thioether (sulfide) groups is 1. The van der Waals surface area contributed by atoms with E-state index in [4.69, 9.17) is 14.3 Å². The lowest BCUT2D eigenvalue weighted by Crippen LogP contribution is -2.54. The van der Waals surface area contributed by atoms with Crippen LogP contribution in [0.3, 0.4) is 0 Å². The third kappa shape index (κ3) is 7.01. The van der Waals surface area contributed by atoms with Crippen molar-refractivity contribution < 1.29 is 19.1 Å². The van der Waals surface area contributed by atoms with Crippen molar-refractivity contribution in [3.63, 3.8) is 0 Å². The summed E-state index contributed by atoms with van der Waals surface area (Å²) in [5, 5.41) is 4.33. The number of carbonyl (C=O) groups is 1. The first-order valence-corrected chi connectivity index (χ1v) is 12.2. The van der Waals surface area contributed by atoms with Gasteiger partial charge in [0.15, 0.2) is 0 Å². The highest BCUT2D eigenvalue weighted by Gasteiger charge is 2.35. The zero-order valence-corrected chi connectivity index (χ0v) is 20.4. The molecule has 0 N–H and O–H groups in total. The molecule has 0 spiro atoms. The van der Waals surface area contributed by atoms with Crippen molar-refractivity contribution in [2.24, 2.45) is 5.16 Å². The van der Waals surface area contributed by atoms with Gasteiger partial charge < -0.3 is 14.3 Å². The number of carbonyl (C=O) groups excluding carboxylic acids is 1. The second-order valence-electron chi connectivity index (χ2n) is 8.23. The van der Waals surface area contributed by atoms with E-state index in [1.54, 1.807) is 17.8 Å². The second-order valence-corrected chi connectivity index (χ2v) is 9.11. The summed E-state index contributed by atoms with van der Waals surface area (Å²) in [4.78, 5) is 21.1. The van der Waals surface area contributed by atoms with E-state index >= 15 is 0 Å². The molecule has 1 fully saturated rings. The summed E-state index contributed by atoms with van der Waals surface area (Å²) in [6, 6.07) is 15.9. The third-order valence-corrected chi connectivity index (χ3v) is 6.43. The van der Waals surface area contributed by atoms with Crippen LogP contribution in [-0.4, -0.2) is 61.3 Å². The van der Waals surface area contributed by atoms with Crippen LogP contribution in [0.15, 0.2) is 65.2 Å². The molecular weight excluding hydrogens is 436 g/mol. The largest absolute Gasteiger partial charge is 0.379 e. The molecule has 0 radical (unpaired) electrons. The van der Waals surface area contributed by atoms with E-state index in [0.29, 0.717) is 25.5 Å². The van der Waals surface area contributed by atoms with Gasteiger partial charge in [0.25, 0.3) is 0 Å². The molecular formula is C26H32N2O4S. The number of ether oxygens (including phenoxy) is 2. The standard InChI is InChI=1S/C26H32N2O4S/c1-5-20-6-8-21(9-7-20)18-31-19-24(29)32-27-25(22-10-12-23(33-4)13-11-22)26(2,3)28-14-16-30-17-15-28/h5-13H,1,14-19H2,2-4H3/b27-25-. The minimum atomic E-state index is -0.534. The molecule has 2 aromatic rings. The number of hydrogen-bond donors (Lipinski definition) is 0. The van der Waals surface area contributed by atoms with Crippen LogP contribution in [0.25, 0.3) is 6.08 Å². The summed E-state index contributed by atoms with van der Waals surface area (Å²) >= 11 is 1.68. The van der Waals surface area contributed by atoms with Gasteiger partial charge in [0.1, 0.15) is 12.3 Å². The quantitative estimate of drug-likeness (QED) is 0.219. The second kappa shape index (κ2) is 12.1. The zero-order chi connectivity index (χ0) is 23.7. The van der Waals surface area contributed by atoms with Crippen molar-refractivity contribution in [3.05, 3.63) is 71.8 Å². The van der Waals surface area contributed by atoms with Gasteiger partial charge >= 0.3 is 5.97 Å². The van der Waals surface area contributed by atoms with Gasteiger partial charge in [-0.2, -0.15) is 0 Å². The summed E-state index contributed by atoms with van der Waals surface area (Å²) in [6.07, 6.45) is 3.82. The van der Waals surface area contributed by atoms with Crippen molar-refractivity contribution in [1.82, 2.24) is 4.90 Å². The molecule has 0 amide bonds. The Balaban J connectivity index is 1.68. The summed E-state index contributed by atoms with van der Waals surface area (Å²) in [5.74, 6) is -0.534. The van der Waals surface area contributed by atoms with E-state index in [9.17, 15) is 4.79 Å². The number of rotatable bonds is 10. The molecule has 0 saturated carbocycles. The molecule has 2 aromatic carbocycles. The monoisotopic (exact) mass is 468 g/mol. The Morgan fingerprint density at radius 1 is 1.15 bits per heavy atom. The minimum Gasteiger partial charge on any atom is -0.379 e. The zero-order valence-electron chi connectivity index (χ0n) is 19.6. The summed E-state index contributed by atoms with van der Waals surface area (Å²) in [5.41, 5.74) is 3.18. The Morgan fingerprint density at radius 3 is 2.42 bits per heavy atom. The van der Waals surface area contributed by atoms with E-state index in [1.807, 2.05) is 54.8 Å². The normalized spacial score (nSPS) is 15.3. The Kier molecular flexibility index (Phi) is 9.26. The third-order valence-electron chi connectivity index (χ3n) is 5.69. The fourth-order valence-electron chi connectivity index (χ4n) is 3.66. The van der Waals surface area contributed by atoms with E-state index in [2.05, 4.69) is 30.5 Å². The van der Waals surface area contributed by atoms with Crippen molar-refractivity contribution in [2.75, 3.05) is 39.2 Å². The van der Waals surface area contributed by atoms with Crippen LogP contribution < -0.4 is 0 Å². The average Bonchev–Trinajstić information content (AvgIpc) is 2.85. The predicted molar refractivity (Wildman–Crippen MR) is 134 cm³/mol. The van der Waals surface area contributed by atoms with Crippen LogP contribution in [0.2, 0.25) is 0 Å². The number of morpholine rings is 1. The molecule has 0 atom stereocenters. The summed E-state index contributed by atoms with van der Waals surface area (Å²) in [7, 11) is 0. The Hall–Kier alpha value is -2.45. The molecule has 0 aromatic heterocycles. The van der Waals surface area contributed by atoms with E-state index in [-0.39, 0.29) is 6.61 Å². The van der Waals surface area contributed by atoms with Crippen molar-refractivity contribution >= 4 is 29.5 Å². The Bertz CT molecular complexity index is 949. The predicted octanol–water partition coefficient (Wildman–Crippen LogP) is 4.63.